The Kier molecular flexibility index (Phi) is 5.83. The highest BCUT2D eigenvalue weighted by Crippen LogP contribution is 2.18. The fourth-order valence-corrected chi connectivity index (χ4v) is 2.26. The molecule has 2 N–H and O–H groups in total. The predicted octanol–water partition coefficient (Wildman–Crippen LogP) is 2.37. The minimum absolute atomic E-state index is 0.153. The topological polar surface area (TPSA) is 60.8 Å². The number of hydrogen-bond acceptors (Lipinski definition) is 3. The van der Waals surface area contributed by atoms with Crippen molar-refractivity contribution in [2.75, 3.05) is 13.6 Å². The Balaban J connectivity index is 2.69. The van der Waals surface area contributed by atoms with Crippen LogP contribution in [0.5, 0.6) is 5.75 Å². The van der Waals surface area contributed by atoms with Gasteiger partial charge in [0, 0.05) is 12.6 Å². The molecular weight excluding hydrogens is 242 g/mol. The third-order valence-corrected chi connectivity index (χ3v) is 3.37. The molecule has 1 aromatic carbocycles. The number of carboxylic acids is 1. The van der Waals surface area contributed by atoms with E-state index in [2.05, 4.69) is 18.7 Å². The summed E-state index contributed by atoms with van der Waals surface area (Å²) in [6, 6.07) is 7.50. The molecule has 1 atom stereocenters. The SMILES string of the molecule is CC(C)C(Cc1cccc(O)c1)N(C)CCC(=O)O. The number of nitrogens with zero attached hydrogens (tertiary/aromatic N) is 1. The lowest BCUT2D eigenvalue weighted by Crippen LogP contribution is -2.38. The van der Waals surface area contributed by atoms with Gasteiger partial charge in [0.15, 0.2) is 0 Å². The molecular formula is C15H23NO3. The smallest absolute Gasteiger partial charge is 0.304 e. The highest BCUT2D eigenvalue weighted by atomic mass is 16.4. The molecule has 0 bridgehead atoms. The van der Waals surface area contributed by atoms with E-state index in [1.165, 1.54) is 0 Å². The summed E-state index contributed by atoms with van der Waals surface area (Å²) in [5.74, 6) is -0.0824. The molecule has 0 amide bonds. The summed E-state index contributed by atoms with van der Waals surface area (Å²) in [5.41, 5.74) is 1.07. The van der Waals surface area contributed by atoms with Crippen molar-refractivity contribution in [3.8, 4) is 5.75 Å². The summed E-state index contributed by atoms with van der Waals surface area (Å²) >= 11 is 0. The first-order chi connectivity index (χ1) is 8.90. The fourth-order valence-electron chi connectivity index (χ4n) is 2.26. The number of benzene rings is 1. The minimum atomic E-state index is -0.772. The van der Waals surface area contributed by atoms with Crippen molar-refractivity contribution in [1.82, 2.24) is 4.90 Å². The Morgan fingerprint density at radius 3 is 2.58 bits per heavy atom. The zero-order valence-corrected chi connectivity index (χ0v) is 11.8. The summed E-state index contributed by atoms with van der Waals surface area (Å²) < 4.78 is 0. The maximum atomic E-state index is 10.6. The van der Waals surface area contributed by atoms with Crippen molar-refractivity contribution < 1.29 is 15.0 Å². The van der Waals surface area contributed by atoms with Crippen molar-refractivity contribution in [1.29, 1.82) is 0 Å². The van der Waals surface area contributed by atoms with Gasteiger partial charge >= 0.3 is 5.97 Å². The lowest BCUT2D eigenvalue weighted by molar-refractivity contribution is -0.137. The maximum absolute atomic E-state index is 10.6. The van der Waals surface area contributed by atoms with E-state index < -0.39 is 5.97 Å². The lowest BCUT2D eigenvalue weighted by atomic mass is 9.95. The standard InChI is InChI=1S/C15H23NO3/c1-11(2)14(16(3)8-7-15(18)19)10-12-5-4-6-13(17)9-12/h4-6,9,11,14,17H,7-8,10H2,1-3H3,(H,18,19). The monoisotopic (exact) mass is 265 g/mol. The quantitative estimate of drug-likeness (QED) is 0.794. The molecule has 0 fully saturated rings. The van der Waals surface area contributed by atoms with Crippen LogP contribution in [0.1, 0.15) is 25.8 Å². The van der Waals surface area contributed by atoms with Gasteiger partial charge in [0.05, 0.1) is 6.42 Å². The van der Waals surface area contributed by atoms with E-state index in [0.29, 0.717) is 12.5 Å². The van der Waals surface area contributed by atoms with E-state index in [1.807, 2.05) is 19.2 Å². The van der Waals surface area contributed by atoms with Gasteiger partial charge in [0.1, 0.15) is 5.75 Å². The van der Waals surface area contributed by atoms with Crippen molar-refractivity contribution >= 4 is 5.97 Å². The summed E-state index contributed by atoms with van der Waals surface area (Å²) in [7, 11) is 1.95. The van der Waals surface area contributed by atoms with Gasteiger partial charge in [0.2, 0.25) is 0 Å². The van der Waals surface area contributed by atoms with E-state index in [0.717, 1.165) is 12.0 Å². The predicted molar refractivity (Wildman–Crippen MR) is 75.3 cm³/mol. The van der Waals surface area contributed by atoms with Crippen LogP contribution in [-0.4, -0.2) is 40.7 Å². The number of phenolic OH excluding ortho intramolecular Hbond substituents is 1. The first-order valence-corrected chi connectivity index (χ1v) is 6.60. The number of likely N-dealkylation sites (N-methyl/N-ethyl adjacent to an activating group) is 1. The normalized spacial score (nSPS) is 12.9. The Bertz CT molecular complexity index is 418. The highest BCUT2D eigenvalue weighted by molar-refractivity contribution is 5.66. The lowest BCUT2D eigenvalue weighted by Gasteiger charge is -2.31. The van der Waals surface area contributed by atoms with Crippen LogP contribution in [0.2, 0.25) is 0 Å². The van der Waals surface area contributed by atoms with Crippen molar-refractivity contribution in [2.45, 2.75) is 32.7 Å². The van der Waals surface area contributed by atoms with Crippen molar-refractivity contribution in [3.63, 3.8) is 0 Å². The molecule has 4 nitrogen and oxygen atoms in total. The van der Waals surface area contributed by atoms with E-state index >= 15 is 0 Å². The Morgan fingerprint density at radius 1 is 1.37 bits per heavy atom. The average molecular weight is 265 g/mol. The van der Waals surface area contributed by atoms with Crippen LogP contribution in [0, 0.1) is 5.92 Å². The number of hydrogen-bond donors (Lipinski definition) is 2. The number of aliphatic carboxylic acids is 1. The van der Waals surface area contributed by atoms with Crippen LogP contribution in [-0.2, 0) is 11.2 Å². The second kappa shape index (κ2) is 7.14. The molecule has 0 heterocycles. The molecule has 0 spiro atoms. The molecule has 1 unspecified atom stereocenters. The average Bonchev–Trinajstić information content (AvgIpc) is 2.32. The van der Waals surface area contributed by atoms with Crippen LogP contribution < -0.4 is 0 Å². The molecule has 1 rings (SSSR count). The van der Waals surface area contributed by atoms with Crippen LogP contribution in [0.25, 0.3) is 0 Å². The molecule has 0 aliphatic carbocycles. The largest absolute Gasteiger partial charge is 0.508 e. The third-order valence-electron chi connectivity index (χ3n) is 3.37. The number of phenols is 1. The van der Waals surface area contributed by atoms with Gasteiger partial charge in [-0.2, -0.15) is 0 Å². The van der Waals surface area contributed by atoms with Crippen LogP contribution in [0.3, 0.4) is 0 Å². The molecule has 4 heteroatoms. The summed E-state index contributed by atoms with van der Waals surface area (Å²) in [4.78, 5) is 12.7. The zero-order valence-electron chi connectivity index (χ0n) is 11.8. The molecule has 106 valence electrons. The van der Waals surface area contributed by atoms with E-state index in [-0.39, 0.29) is 18.2 Å². The van der Waals surface area contributed by atoms with E-state index in [9.17, 15) is 9.90 Å². The summed E-state index contributed by atoms with van der Waals surface area (Å²) in [6.45, 7) is 4.80. The van der Waals surface area contributed by atoms with Crippen LogP contribution in [0.15, 0.2) is 24.3 Å². The molecule has 0 saturated heterocycles. The maximum Gasteiger partial charge on any atom is 0.304 e. The number of rotatable bonds is 7. The Hall–Kier alpha value is -1.55. The van der Waals surface area contributed by atoms with Gasteiger partial charge in [-0.25, -0.2) is 0 Å². The van der Waals surface area contributed by atoms with Crippen molar-refractivity contribution in [3.05, 3.63) is 29.8 Å². The molecule has 0 aliphatic rings. The van der Waals surface area contributed by atoms with Crippen LogP contribution in [0.4, 0.5) is 0 Å². The second-order valence-electron chi connectivity index (χ2n) is 5.31. The number of aromatic hydroxyl groups is 1. The van der Waals surface area contributed by atoms with Crippen molar-refractivity contribution in [2.24, 2.45) is 5.92 Å². The van der Waals surface area contributed by atoms with Gasteiger partial charge in [-0.05, 0) is 37.1 Å². The first kappa shape index (κ1) is 15.5. The van der Waals surface area contributed by atoms with Gasteiger partial charge < -0.3 is 15.1 Å². The number of carbonyl (C=O) groups is 1. The number of carboxylic acid groups (broad SMARTS) is 1. The Morgan fingerprint density at radius 2 is 2.05 bits per heavy atom. The molecule has 0 aliphatic heterocycles. The molecule has 0 saturated carbocycles. The summed E-state index contributed by atoms with van der Waals surface area (Å²) in [6.07, 6.45) is 0.960. The molecule has 19 heavy (non-hydrogen) atoms. The van der Waals surface area contributed by atoms with Gasteiger partial charge in [0.25, 0.3) is 0 Å². The third kappa shape index (κ3) is 5.30. The minimum Gasteiger partial charge on any atom is -0.508 e. The summed E-state index contributed by atoms with van der Waals surface area (Å²) in [5, 5.41) is 18.2. The van der Waals surface area contributed by atoms with E-state index in [4.69, 9.17) is 5.11 Å². The first-order valence-electron chi connectivity index (χ1n) is 6.60. The highest BCUT2D eigenvalue weighted by Gasteiger charge is 2.19. The Labute approximate surface area is 114 Å². The fraction of sp³-hybridized carbons (Fsp3) is 0.533. The zero-order chi connectivity index (χ0) is 14.4. The molecule has 0 radical (unpaired) electrons. The van der Waals surface area contributed by atoms with Gasteiger partial charge in [-0.3, -0.25) is 4.79 Å². The van der Waals surface area contributed by atoms with Crippen LogP contribution >= 0.6 is 0 Å². The van der Waals surface area contributed by atoms with Gasteiger partial charge in [-0.15, -0.1) is 0 Å². The molecule has 1 aromatic rings. The van der Waals surface area contributed by atoms with E-state index in [1.54, 1.807) is 12.1 Å². The molecule has 0 aromatic heterocycles. The van der Waals surface area contributed by atoms with Gasteiger partial charge in [-0.1, -0.05) is 26.0 Å². The second-order valence-corrected chi connectivity index (χ2v) is 5.31.